The average Bonchev–Trinajstić information content (AvgIpc) is 2.29. The first kappa shape index (κ1) is 15.8. The van der Waals surface area contributed by atoms with E-state index < -0.39 is 18.0 Å². The quantitative estimate of drug-likeness (QED) is 0.780. The van der Waals surface area contributed by atoms with E-state index in [1.807, 2.05) is 0 Å². The fourth-order valence-corrected chi connectivity index (χ4v) is 2.19. The second-order valence-corrected chi connectivity index (χ2v) is 5.57. The molecule has 7 heteroatoms. The van der Waals surface area contributed by atoms with Crippen molar-refractivity contribution < 1.29 is 14.7 Å². The summed E-state index contributed by atoms with van der Waals surface area (Å²) in [6.45, 7) is 3.44. The highest BCUT2D eigenvalue weighted by atomic mass is 79.9. The van der Waals surface area contributed by atoms with Crippen LogP contribution in [-0.2, 0) is 4.79 Å². The predicted octanol–water partition coefficient (Wildman–Crippen LogP) is 3.33. The van der Waals surface area contributed by atoms with Crippen molar-refractivity contribution in [2.75, 3.05) is 5.32 Å². The van der Waals surface area contributed by atoms with E-state index in [1.165, 1.54) is 0 Å². The molecular weight excluding hydrogens is 336 g/mol. The summed E-state index contributed by atoms with van der Waals surface area (Å²) in [5, 5.41) is 14.5. The molecule has 2 amide bonds. The number of benzene rings is 1. The fourth-order valence-electron chi connectivity index (χ4n) is 1.40. The van der Waals surface area contributed by atoms with Crippen LogP contribution in [0, 0.1) is 5.92 Å². The molecule has 0 aromatic heterocycles. The van der Waals surface area contributed by atoms with E-state index in [0.717, 1.165) is 0 Å². The Morgan fingerprint density at radius 1 is 1.37 bits per heavy atom. The molecule has 5 nitrogen and oxygen atoms in total. The Kier molecular flexibility index (Phi) is 5.62. The van der Waals surface area contributed by atoms with Crippen LogP contribution < -0.4 is 10.6 Å². The number of aliphatic carboxylic acids is 1. The lowest BCUT2D eigenvalue weighted by Crippen LogP contribution is -2.46. The molecule has 1 rings (SSSR count). The minimum atomic E-state index is -1.07. The minimum Gasteiger partial charge on any atom is -0.480 e. The number of hydrogen-bond donors (Lipinski definition) is 3. The molecule has 0 saturated carbocycles. The van der Waals surface area contributed by atoms with Gasteiger partial charge in [0.05, 0.1) is 5.69 Å². The van der Waals surface area contributed by atoms with Crippen molar-refractivity contribution in [1.82, 2.24) is 5.32 Å². The Hall–Kier alpha value is -1.27. The van der Waals surface area contributed by atoms with Gasteiger partial charge < -0.3 is 15.7 Å². The van der Waals surface area contributed by atoms with Crippen molar-refractivity contribution in [2.45, 2.75) is 19.9 Å². The maximum atomic E-state index is 11.7. The summed E-state index contributed by atoms with van der Waals surface area (Å²) in [4.78, 5) is 22.7. The van der Waals surface area contributed by atoms with Gasteiger partial charge in [-0.15, -0.1) is 0 Å². The molecular formula is C12H14BrClN2O3. The van der Waals surface area contributed by atoms with E-state index >= 15 is 0 Å². The third kappa shape index (κ3) is 4.72. The molecule has 0 heterocycles. The molecule has 0 aliphatic carbocycles. The molecule has 0 radical (unpaired) electrons. The first-order chi connectivity index (χ1) is 8.81. The number of carboxylic acid groups (broad SMARTS) is 1. The zero-order valence-corrected chi connectivity index (χ0v) is 12.7. The molecule has 0 unspecified atom stereocenters. The van der Waals surface area contributed by atoms with Crippen molar-refractivity contribution >= 4 is 45.2 Å². The van der Waals surface area contributed by atoms with Gasteiger partial charge in [-0.25, -0.2) is 9.59 Å². The molecule has 0 aliphatic rings. The van der Waals surface area contributed by atoms with Crippen molar-refractivity contribution in [3.05, 3.63) is 27.7 Å². The van der Waals surface area contributed by atoms with Crippen LogP contribution in [0.5, 0.6) is 0 Å². The first-order valence-corrected chi connectivity index (χ1v) is 6.73. The Morgan fingerprint density at radius 2 is 2.00 bits per heavy atom. The van der Waals surface area contributed by atoms with Gasteiger partial charge in [-0.05, 0) is 40.0 Å². The summed E-state index contributed by atoms with van der Waals surface area (Å²) < 4.78 is 0.617. The van der Waals surface area contributed by atoms with Gasteiger partial charge in [0.15, 0.2) is 0 Å². The molecule has 1 aromatic rings. The standard InChI is InChI=1S/C12H14BrClN2O3/c1-6(2)10(11(17)18)16-12(19)15-9-4-3-7(14)5-8(9)13/h3-6,10H,1-2H3,(H,17,18)(H2,15,16,19)/t10-/m1/s1. The summed E-state index contributed by atoms with van der Waals surface area (Å²) in [6, 6.07) is 3.36. The summed E-state index contributed by atoms with van der Waals surface area (Å²) in [5.74, 6) is -1.28. The highest BCUT2D eigenvalue weighted by Crippen LogP contribution is 2.25. The molecule has 1 atom stereocenters. The van der Waals surface area contributed by atoms with Gasteiger partial charge in [0.25, 0.3) is 0 Å². The number of urea groups is 1. The molecule has 0 fully saturated rings. The largest absolute Gasteiger partial charge is 0.480 e. The van der Waals surface area contributed by atoms with Crippen LogP contribution in [0.15, 0.2) is 22.7 Å². The van der Waals surface area contributed by atoms with E-state index in [-0.39, 0.29) is 5.92 Å². The SMILES string of the molecule is CC(C)[C@@H](NC(=O)Nc1ccc(Cl)cc1Br)C(=O)O. The molecule has 0 aliphatic heterocycles. The van der Waals surface area contributed by atoms with Crippen molar-refractivity contribution in [3.8, 4) is 0 Å². The van der Waals surface area contributed by atoms with Crippen LogP contribution in [0.25, 0.3) is 0 Å². The molecule has 19 heavy (non-hydrogen) atoms. The van der Waals surface area contributed by atoms with Crippen LogP contribution in [-0.4, -0.2) is 23.1 Å². The second kappa shape index (κ2) is 6.77. The van der Waals surface area contributed by atoms with Gasteiger partial charge in [0.1, 0.15) is 6.04 Å². The van der Waals surface area contributed by atoms with Gasteiger partial charge >= 0.3 is 12.0 Å². The summed E-state index contributed by atoms with van der Waals surface area (Å²) in [7, 11) is 0. The number of carbonyl (C=O) groups excluding carboxylic acids is 1. The molecule has 0 saturated heterocycles. The summed E-state index contributed by atoms with van der Waals surface area (Å²) in [6.07, 6.45) is 0. The zero-order valence-electron chi connectivity index (χ0n) is 10.4. The van der Waals surface area contributed by atoms with Gasteiger partial charge in [-0.1, -0.05) is 25.4 Å². The van der Waals surface area contributed by atoms with E-state index in [9.17, 15) is 9.59 Å². The van der Waals surface area contributed by atoms with Gasteiger partial charge in [-0.3, -0.25) is 0 Å². The van der Waals surface area contributed by atoms with Crippen LogP contribution in [0.2, 0.25) is 5.02 Å². The zero-order chi connectivity index (χ0) is 14.6. The number of carbonyl (C=O) groups is 2. The molecule has 104 valence electrons. The second-order valence-electron chi connectivity index (χ2n) is 4.28. The lowest BCUT2D eigenvalue weighted by Gasteiger charge is -2.18. The van der Waals surface area contributed by atoms with Crippen LogP contribution in [0.3, 0.4) is 0 Å². The van der Waals surface area contributed by atoms with Crippen LogP contribution in [0.1, 0.15) is 13.8 Å². The molecule has 1 aromatic carbocycles. The minimum absolute atomic E-state index is 0.211. The number of carboxylic acids is 1. The maximum absolute atomic E-state index is 11.7. The maximum Gasteiger partial charge on any atom is 0.326 e. The van der Waals surface area contributed by atoms with E-state index in [2.05, 4.69) is 26.6 Å². The highest BCUT2D eigenvalue weighted by Gasteiger charge is 2.23. The molecule has 0 spiro atoms. The number of halogens is 2. The summed E-state index contributed by atoms with van der Waals surface area (Å²) >= 11 is 9.04. The Morgan fingerprint density at radius 3 is 2.47 bits per heavy atom. The van der Waals surface area contributed by atoms with Crippen LogP contribution >= 0.6 is 27.5 Å². The highest BCUT2D eigenvalue weighted by molar-refractivity contribution is 9.10. The summed E-state index contributed by atoms with van der Waals surface area (Å²) in [5.41, 5.74) is 0.509. The Bertz CT molecular complexity index is 494. The molecule has 0 bridgehead atoms. The number of anilines is 1. The van der Waals surface area contributed by atoms with E-state index in [1.54, 1.807) is 32.0 Å². The first-order valence-electron chi connectivity index (χ1n) is 5.56. The lowest BCUT2D eigenvalue weighted by molar-refractivity contribution is -0.140. The number of nitrogens with one attached hydrogen (secondary N) is 2. The average molecular weight is 350 g/mol. The monoisotopic (exact) mass is 348 g/mol. The Labute approximate surface area is 124 Å². The van der Waals surface area contributed by atoms with Gasteiger partial charge in [0, 0.05) is 9.50 Å². The van der Waals surface area contributed by atoms with Crippen LogP contribution in [0.4, 0.5) is 10.5 Å². The third-order valence-electron chi connectivity index (χ3n) is 2.40. The van der Waals surface area contributed by atoms with Crippen molar-refractivity contribution in [3.63, 3.8) is 0 Å². The number of amides is 2. The molecule has 3 N–H and O–H groups in total. The van der Waals surface area contributed by atoms with Crippen molar-refractivity contribution in [2.24, 2.45) is 5.92 Å². The third-order valence-corrected chi connectivity index (χ3v) is 3.29. The predicted molar refractivity (Wildman–Crippen MR) is 77.6 cm³/mol. The van der Waals surface area contributed by atoms with Gasteiger partial charge in [0.2, 0.25) is 0 Å². The van der Waals surface area contributed by atoms with Crippen molar-refractivity contribution in [1.29, 1.82) is 0 Å². The normalized spacial score (nSPS) is 12.1. The lowest BCUT2D eigenvalue weighted by atomic mass is 10.1. The van der Waals surface area contributed by atoms with Gasteiger partial charge in [-0.2, -0.15) is 0 Å². The fraction of sp³-hybridized carbons (Fsp3) is 0.333. The number of rotatable bonds is 4. The Balaban J connectivity index is 2.72. The topological polar surface area (TPSA) is 78.4 Å². The van der Waals surface area contributed by atoms with E-state index in [4.69, 9.17) is 16.7 Å². The number of hydrogen-bond acceptors (Lipinski definition) is 2. The smallest absolute Gasteiger partial charge is 0.326 e. The van der Waals surface area contributed by atoms with E-state index in [0.29, 0.717) is 15.2 Å².